The average Bonchev–Trinajstić information content (AvgIpc) is 2.90. The molecule has 1 aliphatic rings. The van der Waals surface area contributed by atoms with E-state index in [0.29, 0.717) is 12.5 Å². The second kappa shape index (κ2) is 11.1. The summed E-state index contributed by atoms with van der Waals surface area (Å²) in [6.07, 6.45) is 1.57. The van der Waals surface area contributed by atoms with Gasteiger partial charge in [0.2, 0.25) is 5.91 Å². The Hall–Kier alpha value is -0.570. The van der Waals surface area contributed by atoms with Crippen molar-refractivity contribution in [3.8, 4) is 0 Å². The Balaban J connectivity index is 0.00000484. The first-order chi connectivity index (χ1) is 10.4. The molecule has 0 aromatic heterocycles. The zero-order chi connectivity index (χ0) is 16.6. The van der Waals surface area contributed by atoms with Crippen molar-refractivity contribution in [2.45, 2.75) is 59.0 Å². The first-order valence-electron chi connectivity index (χ1n) is 8.43. The van der Waals surface area contributed by atoms with Crippen molar-refractivity contribution in [3.63, 3.8) is 0 Å². The largest absolute Gasteiger partial charge is 0.357 e. The molecule has 23 heavy (non-hydrogen) atoms. The van der Waals surface area contributed by atoms with Gasteiger partial charge in [-0.25, -0.2) is 0 Å². The zero-order valence-corrected chi connectivity index (χ0v) is 17.6. The van der Waals surface area contributed by atoms with E-state index in [-0.39, 0.29) is 35.4 Å². The molecular formula is C16H34IN5O. The standard InChI is InChI=1S/C16H33N5O.HI/c1-6-14(22)21-11-8-13(12-21)20-15(17-7-2)18-9-10-19-16(3,4)5;/h13,19H,6-12H2,1-5H3,(H2,17,18,20);1H. The number of hydrogen-bond donors (Lipinski definition) is 3. The van der Waals surface area contributed by atoms with Crippen molar-refractivity contribution < 1.29 is 4.79 Å². The molecule has 1 amide bonds. The second-order valence-electron chi connectivity index (χ2n) is 6.76. The van der Waals surface area contributed by atoms with Crippen molar-refractivity contribution >= 4 is 35.8 Å². The number of amides is 1. The minimum absolute atomic E-state index is 0. The van der Waals surface area contributed by atoms with Gasteiger partial charge in [0.05, 0.1) is 6.54 Å². The number of guanidine groups is 1. The molecule has 0 saturated carbocycles. The molecule has 3 N–H and O–H groups in total. The van der Waals surface area contributed by atoms with E-state index >= 15 is 0 Å². The molecule has 1 aliphatic heterocycles. The monoisotopic (exact) mass is 439 g/mol. The number of hydrogen-bond acceptors (Lipinski definition) is 3. The predicted molar refractivity (Wildman–Crippen MR) is 108 cm³/mol. The van der Waals surface area contributed by atoms with E-state index in [1.165, 1.54) is 0 Å². The maximum absolute atomic E-state index is 11.7. The first kappa shape index (κ1) is 22.4. The van der Waals surface area contributed by atoms with Gasteiger partial charge < -0.3 is 20.9 Å². The molecule has 136 valence electrons. The smallest absolute Gasteiger partial charge is 0.222 e. The first-order valence-corrected chi connectivity index (χ1v) is 8.43. The Labute approximate surface area is 158 Å². The molecule has 7 heteroatoms. The molecule has 1 fully saturated rings. The molecule has 0 radical (unpaired) electrons. The lowest BCUT2D eigenvalue weighted by atomic mass is 10.1. The highest BCUT2D eigenvalue weighted by Crippen LogP contribution is 2.10. The van der Waals surface area contributed by atoms with Crippen LogP contribution in [0.2, 0.25) is 0 Å². The van der Waals surface area contributed by atoms with Crippen LogP contribution >= 0.6 is 24.0 Å². The third-order valence-electron chi connectivity index (χ3n) is 3.57. The van der Waals surface area contributed by atoms with Crippen molar-refractivity contribution in [3.05, 3.63) is 0 Å². The maximum Gasteiger partial charge on any atom is 0.222 e. The minimum Gasteiger partial charge on any atom is -0.357 e. The molecule has 0 spiro atoms. The molecule has 1 heterocycles. The fourth-order valence-corrected chi connectivity index (χ4v) is 2.44. The summed E-state index contributed by atoms with van der Waals surface area (Å²) in [6.45, 7) is 14.5. The van der Waals surface area contributed by atoms with Gasteiger partial charge in [0, 0.05) is 44.2 Å². The normalized spacial score (nSPS) is 18.6. The van der Waals surface area contributed by atoms with Gasteiger partial charge in [-0.15, -0.1) is 24.0 Å². The van der Waals surface area contributed by atoms with Gasteiger partial charge in [-0.2, -0.15) is 0 Å². The predicted octanol–water partition coefficient (Wildman–Crippen LogP) is 1.56. The van der Waals surface area contributed by atoms with E-state index in [2.05, 4.69) is 48.6 Å². The Morgan fingerprint density at radius 3 is 2.57 bits per heavy atom. The van der Waals surface area contributed by atoms with Crippen LogP contribution in [-0.4, -0.2) is 61.1 Å². The number of nitrogens with zero attached hydrogens (tertiary/aromatic N) is 2. The maximum atomic E-state index is 11.7. The number of carbonyl (C=O) groups excluding carboxylic acids is 1. The van der Waals surface area contributed by atoms with Crippen LogP contribution in [0, 0.1) is 0 Å². The Kier molecular flexibility index (Phi) is 10.8. The van der Waals surface area contributed by atoms with E-state index in [9.17, 15) is 4.79 Å². The molecule has 1 atom stereocenters. The SMILES string of the molecule is CCNC(=NCCNC(C)(C)C)NC1CCN(C(=O)CC)C1.I. The highest BCUT2D eigenvalue weighted by molar-refractivity contribution is 14.0. The summed E-state index contributed by atoms with van der Waals surface area (Å²) < 4.78 is 0. The lowest BCUT2D eigenvalue weighted by Gasteiger charge is -2.21. The molecular weight excluding hydrogens is 405 g/mol. The van der Waals surface area contributed by atoms with Crippen LogP contribution in [0.5, 0.6) is 0 Å². The molecule has 1 unspecified atom stereocenters. The second-order valence-corrected chi connectivity index (χ2v) is 6.76. The molecule has 1 rings (SSSR count). The zero-order valence-electron chi connectivity index (χ0n) is 15.2. The van der Waals surface area contributed by atoms with E-state index in [1.807, 2.05) is 11.8 Å². The van der Waals surface area contributed by atoms with E-state index in [4.69, 9.17) is 0 Å². The third kappa shape index (κ3) is 9.34. The molecule has 0 aromatic carbocycles. The fourth-order valence-electron chi connectivity index (χ4n) is 2.44. The minimum atomic E-state index is 0. The highest BCUT2D eigenvalue weighted by atomic mass is 127. The van der Waals surface area contributed by atoms with Gasteiger partial charge in [-0.05, 0) is 34.1 Å². The third-order valence-corrected chi connectivity index (χ3v) is 3.57. The summed E-state index contributed by atoms with van der Waals surface area (Å²) >= 11 is 0. The van der Waals surface area contributed by atoms with Gasteiger partial charge in [0.25, 0.3) is 0 Å². The van der Waals surface area contributed by atoms with Crippen molar-refractivity contribution in [2.24, 2.45) is 4.99 Å². The van der Waals surface area contributed by atoms with Crippen molar-refractivity contribution in [1.82, 2.24) is 20.9 Å². The topological polar surface area (TPSA) is 68.8 Å². The van der Waals surface area contributed by atoms with Crippen LogP contribution in [0.3, 0.4) is 0 Å². The van der Waals surface area contributed by atoms with Crippen LogP contribution in [0.1, 0.15) is 47.5 Å². The van der Waals surface area contributed by atoms with Crippen LogP contribution in [-0.2, 0) is 4.79 Å². The molecule has 0 bridgehead atoms. The lowest BCUT2D eigenvalue weighted by molar-refractivity contribution is -0.129. The van der Waals surface area contributed by atoms with Crippen molar-refractivity contribution in [1.29, 1.82) is 0 Å². The number of nitrogens with one attached hydrogen (secondary N) is 3. The van der Waals surface area contributed by atoms with Crippen LogP contribution in [0.25, 0.3) is 0 Å². The summed E-state index contributed by atoms with van der Waals surface area (Å²) in [5.41, 5.74) is 0.119. The van der Waals surface area contributed by atoms with Crippen LogP contribution < -0.4 is 16.0 Å². The van der Waals surface area contributed by atoms with Gasteiger partial charge in [-0.3, -0.25) is 9.79 Å². The number of halogens is 1. The Morgan fingerprint density at radius 2 is 2.00 bits per heavy atom. The quantitative estimate of drug-likeness (QED) is 0.254. The van der Waals surface area contributed by atoms with Gasteiger partial charge in [-0.1, -0.05) is 6.92 Å². The average molecular weight is 439 g/mol. The Morgan fingerprint density at radius 1 is 1.30 bits per heavy atom. The number of rotatable bonds is 6. The van der Waals surface area contributed by atoms with Crippen LogP contribution in [0.15, 0.2) is 4.99 Å². The highest BCUT2D eigenvalue weighted by Gasteiger charge is 2.25. The summed E-state index contributed by atoms with van der Waals surface area (Å²) in [5, 5.41) is 10.1. The summed E-state index contributed by atoms with van der Waals surface area (Å²) in [7, 11) is 0. The van der Waals surface area contributed by atoms with Crippen LogP contribution in [0.4, 0.5) is 0 Å². The number of carbonyl (C=O) groups is 1. The van der Waals surface area contributed by atoms with Crippen molar-refractivity contribution in [2.75, 3.05) is 32.7 Å². The van der Waals surface area contributed by atoms with Gasteiger partial charge in [0.1, 0.15) is 0 Å². The lowest BCUT2D eigenvalue weighted by Crippen LogP contribution is -2.45. The summed E-state index contributed by atoms with van der Waals surface area (Å²) in [5.74, 6) is 1.08. The Bertz CT molecular complexity index is 381. The van der Waals surface area contributed by atoms with E-state index < -0.39 is 0 Å². The van der Waals surface area contributed by atoms with E-state index in [0.717, 1.165) is 45.1 Å². The summed E-state index contributed by atoms with van der Waals surface area (Å²) in [4.78, 5) is 18.3. The molecule has 1 saturated heterocycles. The molecule has 6 nitrogen and oxygen atoms in total. The number of aliphatic imine (C=N–C) groups is 1. The van der Waals surface area contributed by atoms with Gasteiger partial charge in [0.15, 0.2) is 5.96 Å². The summed E-state index contributed by atoms with van der Waals surface area (Å²) in [6, 6.07) is 0.295. The van der Waals surface area contributed by atoms with E-state index in [1.54, 1.807) is 0 Å². The van der Waals surface area contributed by atoms with Gasteiger partial charge >= 0.3 is 0 Å². The number of likely N-dealkylation sites (tertiary alicyclic amines) is 1. The molecule has 0 aromatic rings. The molecule has 0 aliphatic carbocycles. The fraction of sp³-hybridized carbons (Fsp3) is 0.875.